The van der Waals surface area contributed by atoms with Gasteiger partial charge in [0, 0.05) is 5.56 Å². The van der Waals surface area contributed by atoms with Crippen LogP contribution < -0.4 is 14.4 Å². The van der Waals surface area contributed by atoms with Gasteiger partial charge in [0.1, 0.15) is 12.4 Å². The van der Waals surface area contributed by atoms with E-state index in [2.05, 4.69) is 5.32 Å². The lowest BCUT2D eigenvalue weighted by Gasteiger charge is -2.26. The van der Waals surface area contributed by atoms with Crippen LogP contribution in [0.1, 0.15) is 27.0 Å². The molecule has 1 N–H and O–H groups in total. The topological polar surface area (TPSA) is 75.7 Å². The highest BCUT2D eigenvalue weighted by Crippen LogP contribution is 2.28. The molecule has 3 aromatic carbocycles. The summed E-state index contributed by atoms with van der Waals surface area (Å²) in [4.78, 5) is 12.4. The minimum Gasteiger partial charge on any atom is -0.492 e. The summed E-state index contributed by atoms with van der Waals surface area (Å²) in [5.41, 5.74) is 3.78. The van der Waals surface area contributed by atoms with E-state index in [0.29, 0.717) is 24.4 Å². The number of nitrogens with zero attached hydrogens (tertiary/aromatic N) is 1. The Morgan fingerprint density at radius 3 is 2.12 bits per heavy atom. The van der Waals surface area contributed by atoms with Crippen LogP contribution in [-0.2, 0) is 16.6 Å². The van der Waals surface area contributed by atoms with Gasteiger partial charge in [-0.25, -0.2) is 8.42 Å². The van der Waals surface area contributed by atoms with Crippen LogP contribution in [0.25, 0.3) is 0 Å². The lowest BCUT2D eigenvalue weighted by atomic mass is 10.1. The Morgan fingerprint density at radius 1 is 0.906 bits per heavy atom. The van der Waals surface area contributed by atoms with Gasteiger partial charge in [0.25, 0.3) is 5.91 Å². The molecule has 3 aromatic rings. The number of aryl methyl sites for hydroxylation is 2. The highest BCUT2D eigenvalue weighted by molar-refractivity contribution is 7.92. The summed E-state index contributed by atoms with van der Waals surface area (Å²) in [6.07, 6.45) is 1.21. The number of hydrogen-bond acceptors (Lipinski definition) is 4. The maximum absolute atomic E-state index is 12.5. The van der Waals surface area contributed by atoms with Gasteiger partial charge in [0.15, 0.2) is 0 Å². The fourth-order valence-electron chi connectivity index (χ4n) is 3.44. The molecule has 6 nitrogen and oxygen atoms in total. The zero-order valence-electron chi connectivity index (χ0n) is 18.5. The van der Waals surface area contributed by atoms with E-state index in [9.17, 15) is 13.2 Å². The Balaban J connectivity index is 1.63. The van der Waals surface area contributed by atoms with Crippen LogP contribution in [0.2, 0.25) is 0 Å². The minimum absolute atomic E-state index is 0.192. The molecule has 0 unspecified atom stereocenters. The van der Waals surface area contributed by atoms with Gasteiger partial charge in [0.2, 0.25) is 10.0 Å². The zero-order chi connectivity index (χ0) is 23.1. The molecule has 0 saturated carbocycles. The maximum Gasteiger partial charge on any atom is 0.251 e. The normalized spacial score (nSPS) is 11.1. The van der Waals surface area contributed by atoms with E-state index in [1.54, 1.807) is 24.3 Å². The average molecular weight is 453 g/mol. The Hall–Kier alpha value is -3.32. The highest BCUT2D eigenvalue weighted by Gasteiger charge is 2.21. The van der Waals surface area contributed by atoms with Gasteiger partial charge in [-0.05, 0) is 54.8 Å². The van der Waals surface area contributed by atoms with Gasteiger partial charge < -0.3 is 10.1 Å². The van der Waals surface area contributed by atoms with E-state index in [-0.39, 0.29) is 12.5 Å². The Bertz CT molecular complexity index is 1140. The summed E-state index contributed by atoms with van der Waals surface area (Å²) < 4.78 is 32.0. The van der Waals surface area contributed by atoms with Crippen molar-refractivity contribution in [2.45, 2.75) is 20.4 Å². The molecule has 168 valence electrons. The molecule has 0 heterocycles. The second-order valence-corrected chi connectivity index (χ2v) is 9.53. The zero-order valence-corrected chi connectivity index (χ0v) is 19.4. The van der Waals surface area contributed by atoms with Gasteiger partial charge in [-0.2, -0.15) is 0 Å². The van der Waals surface area contributed by atoms with Crippen molar-refractivity contribution in [1.29, 1.82) is 0 Å². The predicted molar refractivity (Wildman–Crippen MR) is 128 cm³/mol. The summed E-state index contributed by atoms with van der Waals surface area (Å²) >= 11 is 0. The third kappa shape index (κ3) is 6.11. The number of nitrogens with one attached hydrogen (secondary N) is 1. The number of carbonyl (C=O) groups excluding carboxylic acids is 1. The second kappa shape index (κ2) is 10.3. The minimum atomic E-state index is -3.49. The van der Waals surface area contributed by atoms with Crippen molar-refractivity contribution in [3.63, 3.8) is 0 Å². The van der Waals surface area contributed by atoms with Gasteiger partial charge in [0.05, 0.1) is 25.0 Å². The molecule has 0 spiro atoms. The monoisotopic (exact) mass is 452 g/mol. The molecular formula is C25H28N2O4S. The fourth-order valence-corrected chi connectivity index (χ4v) is 4.44. The summed E-state index contributed by atoms with van der Waals surface area (Å²) in [5.74, 6) is 0.549. The number of amides is 1. The van der Waals surface area contributed by atoms with Gasteiger partial charge in [-0.1, -0.05) is 48.5 Å². The Kier molecular flexibility index (Phi) is 7.53. The van der Waals surface area contributed by atoms with Crippen molar-refractivity contribution < 1.29 is 17.9 Å². The van der Waals surface area contributed by atoms with E-state index < -0.39 is 10.0 Å². The van der Waals surface area contributed by atoms with E-state index in [1.165, 1.54) is 10.6 Å². The molecular weight excluding hydrogens is 424 g/mol. The largest absolute Gasteiger partial charge is 0.492 e. The first-order chi connectivity index (χ1) is 15.3. The SMILES string of the molecule is Cc1cccc(C)c1N(Cc1ccc(C(=O)NCCOc2ccccc2)cc1)S(C)(=O)=O. The van der Waals surface area contributed by atoms with Crippen LogP contribution in [0.3, 0.4) is 0 Å². The number of ether oxygens (including phenoxy) is 1. The van der Waals surface area contributed by atoms with Gasteiger partial charge in [-0.3, -0.25) is 9.10 Å². The number of para-hydroxylation sites is 2. The quantitative estimate of drug-likeness (QED) is 0.497. The van der Waals surface area contributed by atoms with Crippen LogP contribution in [0.5, 0.6) is 5.75 Å². The molecule has 0 fully saturated rings. The maximum atomic E-state index is 12.5. The van der Waals surface area contributed by atoms with Crippen LogP contribution >= 0.6 is 0 Å². The standard InChI is InChI=1S/C25H28N2O4S/c1-19-8-7-9-20(2)24(19)27(32(3,29)30)18-21-12-14-22(15-13-21)25(28)26-16-17-31-23-10-5-4-6-11-23/h4-15H,16-18H2,1-3H3,(H,26,28). The third-order valence-electron chi connectivity index (χ3n) is 5.03. The Morgan fingerprint density at radius 2 is 1.53 bits per heavy atom. The number of carbonyl (C=O) groups is 1. The molecule has 0 aromatic heterocycles. The molecule has 7 heteroatoms. The number of anilines is 1. The number of hydrogen-bond donors (Lipinski definition) is 1. The van der Waals surface area contributed by atoms with Gasteiger partial charge in [-0.15, -0.1) is 0 Å². The highest BCUT2D eigenvalue weighted by atomic mass is 32.2. The van der Waals surface area contributed by atoms with Crippen molar-refractivity contribution in [3.05, 3.63) is 95.1 Å². The molecule has 0 saturated heterocycles. The van der Waals surface area contributed by atoms with Crippen molar-refractivity contribution in [2.24, 2.45) is 0 Å². The molecule has 0 atom stereocenters. The summed E-state index contributed by atoms with van der Waals surface area (Å²) in [6, 6.07) is 22.1. The molecule has 0 radical (unpaired) electrons. The fraction of sp³-hybridized carbons (Fsp3) is 0.240. The molecule has 32 heavy (non-hydrogen) atoms. The van der Waals surface area contributed by atoms with E-state index in [0.717, 1.165) is 22.4 Å². The van der Waals surface area contributed by atoms with Crippen molar-refractivity contribution in [3.8, 4) is 5.75 Å². The molecule has 1 amide bonds. The van der Waals surface area contributed by atoms with Crippen LogP contribution in [0.4, 0.5) is 5.69 Å². The lowest BCUT2D eigenvalue weighted by Crippen LogP contribution is -2.31. The van der Waals surface area contributed by atoms with Crippen molar-refractivity contribution in [2.75, 3.05) is 23.7 Å². The number of benzene rings is 3. The first-order valence-electron chi connectivity index (χ1n) is 10.3. The van der Waals surface area contributed by atoms with E-state index in [4.69, 9.17) is 4.74 Å². The third-order valence-corrected chi connectivity index (χ3v) is 6.14. The predicted octanol–water partition coefficient (Wildman–Crippen LogP) is 4.08. The Labute approximate surface area is 189 Å². The second-order valence-electron chi connectivity index (χ2n) is 7.62. The number of sulfonamides is 1. The first-order valence-corrected chi connectivity index (χ1v) is 12.2. The first kappa shape index (κ1) is 23.3. The van der Waals surface area contributed by atoms with E-state index >= 15 is 0 Å². The van der Waals surface area contributed by atoms with Crippen LogP contribution in [0.15, 0.2) is 72.8 Å². The van der Waals surface area contributed by atoms with Crippen LogP contribution in [-0.4, -0.2) is 33.7 Å². The van der Waals surface area contributed by atoms with Gasteiger partial charge >= 0.3 is 0 Å². The van der Waals surface area contributed by atoms with Crippen molar-refractivity contribution in [1.82, 2.24) is 5.32 Å². The number of rotatable bonds is 9. The smallest absolute Gasteiger partial charge is 0.251 e. The average Bonchev–Trinajstić information content (AvgIpc) is 2.76. The summed E-state index contributed by atoms with van der Waals surface area (Å²) in [6.45, 7) is 4.74. The molecule has 3 rings (SSSR count). The lowest BCUT2D eigenvalue weighted by molar-refractivity contribution is 0.0947. The molecule has 0 bridgehead atoms. The van der Waals surface area contributed by atoms with E-state index in [1.807, 2.05) is 62.4 Å². The summed E-state index contributed by atoms with van der Waals surface area (Å²) in [5, 5.41) is 2.82. The van der Waals surface area contributed by atoms with Crippen LogP contribution in [0, 0.1) is 13.8 Å². The molecule has 0 aliphatic carbocycles. The van der Waals surface area contributed by atoms with Crippen molar-refractivity contribution >= 4 is 21.6 Å². The summed E-state index contributed by atoms with van der Waals surface area (Å²) in [7, 11) is -3.49. The molecule has 0 aliphatic heterocycles. The molecule has 0 aliphatic rings.